The van der Waals surface area contributed by atoms with Gasteiger partial charge in [-0.25, -0.2) is 0 Å². The van der Waals surface area contributed by atoms with Crippen molar-refractivity contribution in [3.05, 3.63) is 65.2 Å². The molecule has 0 aromatic heterocycles. The van der Waals surface area contributed by atoms with Crippen molar-refractivity contribution in [1.82, 2.24) is 5.43 Å². The quantitative estimate of drug-likeness (QED) is 0.913. The van der Waals surface area contributed by atoms with Crippen LogP contribution in [0.5, 0.6) is 0 Å². The van der Waals surface area contributed by atoms with E-state index in [9.17, 15) is 0 Å². The highest BCUT2D eigenvalue weighted by Gasteiger charge is 2.34. The Morgan fingerprint density at radius 1 is 1.04 bits per heavy atom. The zero-order valence-electron chi connectivity index (χ0n) is 14.7. The van der Waals surface area contributed by atoms with Gasteiger partial charge >= 0.3 is 0 Å². The molecule has 0 bridgehead atoms. The molecule has 0 radical (unpaired) electrons. The molecule has 2 heterocycles. The Kier molecular flexibility index (Phi) is 4.44. The number of rotatable bonds is 3. The van der Waals surface area contributed by atoms with Crippen LogP contribution in [0, 0.1) is 6.92 Å². The standard InChI is InChI=1S/C20H23N3OS/c1-15-3-5-16(6-4-15)19-21-22-20(2,25-19)17-7-9-18(10-8-17)23-11-13-24-14-12-23/h3-10,22H,11-14H2,1-2H3. The van der Waals surface area contributed by atoms with Crippen LogP contribution in [0.4, 0.5) is 5.69 Å². The van der Waals surface area contributed by atoms with Crippen molar-refractivity contribution >= 4 is 22.5 Å². The summed E-state index contributed by atoms with van der Waals surface area (Å²) in [5.41, 5.74) is 8.26. The van der Waals surface area contributed by atoms with Crippen molar-refractivity contribution in [2.24, 2.45) is 5.10 Å². The maximum Gasteiger partial charge on any atom is 0.128 e. The second-order valence-corrected chi connectivity index (χ2v) is 8.08. The summed E-state index contributed by atoms with van der Waals surface area (Å²) in [5, 5.41) is 5.62. The number of nitrogens with zero attached hydrogens (tertiary/aromatic N) is 2. The second-order valence-electron chi connectivity index (χ2n) is 6.68. The van der Waals surface area contributed by atoms with Crippen LogP contribution in [0.2, 0.25) is 0 Å². The van der Waals surface area contributed by atoms with Gasteiger partial charge in [-0.1, -0.05) is 53.7 Å². The van der Waals surface area contributed by atoms with Crippen molar-refractivity contribution in [1.29, 1.82) is 0 Å². The van der Waals surface area contributed by atoms with Gasteiger partial charge in [0.25, 0.3) is 0 Å². The maximum absolute atomic E-state index is 5.43. The van der Waals surface area contributed by atoms with Gasteiger partial charge in [0.15, 0.2) is 0 Å². The maximum atomic E-state index is 5.43. The lowest BCUT2D eigenvalue weighted by molar-refractivity contribution is 0.122. The van der Waals surface area contributed by atoms with Crippen LogP contribution in [0.25, 0.3) is 0 Å². The zero-order valence-corrected chi connectivity index (χ0v) is 15.5. The third kappa shape index (κ3) is 3.39. The topological polar surface area (TPSA) is 36.9 Å². The van der Waals surface area contributed by atoms with E-state index >= 15 is 0 Å². The van der Waals surface area contributed by atoms with Crippen LogP contribution < -0.4 is 10.3 Å². The predicted octanol–water partition coefficient (Wildman–Crippen LogP) is 3.70. The molecule has 1 saturated heterocycles. The summed E-state index contributed by atoms with van der Waals surface area (Å²) in [6.07, 6.45) is 0. The Labute approximate surface area is 153 Å². The second kappa shape index (κ2) is 6.73. The van der Waals surface area contributed by atoms with Crippen molar-refractivity contribution in [2.45, 2.75) is 18.7 Å². The molecule has 1 N–H and O–H groups in total. The van der Waals surface area contributed by atoms with E-state index in [0.29, 0.717) is 0 Å². The third-order valence-corrected chi connectivity index (χ3v) is 6.02. The number of hydrogen-bond acceptors (Lipinski definition) is 5. The minimum absolute atomic E-state index is 0.232. The Morgan fingerprint density at radius 2 is 1.72 bits per heavy atom. The lowest BCUT2D eigenvalue weighted by atomic mass is 10.1. The summed E-state index contributed by atoms with van der Waals surface area (Å²) in [5.74, 6) is 0. The van der Waals surface area contributed by atoms with E-state index in [2.05, 4.69) is 77.8 Å². The largest absolute Gasteiger partial charge is 0.378 e. The third-order valence-electron chi connectivity index (χ3n) is 4.76. The van der Waals surface area contributed by atoms with Crippen LogP contribution in [0.15, 0.2) is 53.6 Å². The summed E-state index contributed by atoms with van der Waals surface area (Å²) in [6, 6.07) is 17.4. The van der Waals surface area contributed by atoms with Gasteiger partial charge < -0.3 is 9.64 Å². The molecule has 1 unspecified atom stereocenters. The number of hydrogen-bond donors (Lipinski definition) is 1. The summed E-state index contributed by atoms with van der Waals surface area (Å²) in [4.78, 5) is 2.14. The van der Waals surface area contributed by atoms with Gasteiger partial charge in [0.2, 0.25) is 0 Å². The lowest BCUT2D eigenvalue weighted by Gasteiger charge is -2.30. The van der Waals surface area contributed by atoms with Crippen LogP contribution in [0.3, 0.4) is 0 Å². The van der Waals surface area contributed by atoms with Gasteiger partial charge in [0.1, 0.15) is 9.91 Å². The molecule has 1 atom stereocenters. The Morgan fingerprint density at radius 3 is 2.40 bits per heavy atom. The van der Waals surface area contributed by atoms with Gasteiger partial charge in [-0.05, 0) is 31.5 Å². The number of morpholine rings is 1. The normalized spacial score (nSPS) is 23.3. The SMILES string of the molecule is Cc1ccc(C2=NNC(C)(c3ccc(N4CCOCC4)cc3)S2)cc1. The van der Waals surface area contributed by atoms with Crippen molar-refractivity contribution < 1.29 is 4.74 Å². The highest BCUT2D eigenvalue weighted by molar-refractivity contribution is 8.15. The molecular formula is C20H23N3OS. The van der Waals surface area contributed by atoms with Crippen molar-refractivity contribution in [2.75, 3.05) is 31.2 Å². The number of anilines is 1. The molecular weight excluding hydrogens is 330 g/mol. The first-order chi connectivity index (χ1) is 12.1. The highest BCUT2D eigenvalue weighted by Crippen LogP contribution is 2.40. The molecule has 4 rings (SSSR count). The van der Waals surface area contributed by atoms with E-state index in [0.717, 1.165) is 36.9 Å². The number of thioether (sulfide) groups is 1. The van der Waals surface area contributed by atoms with Crippen LogP contribution >= 0.6 is 11.8 Å². The van der Waals surface area contributed by atoms with Gasteiger partial charge in [-0.2, -0.15) is 5.10 Å². The minimum atomic E-state index is -0.232. The molecule has 2 aromatic carbocycles. The van der Waals surface area contributed by atoms with E-state index in [1.807, 2.05) is 0 Å². The molecule has 2 aliphatic rings. The van der Waals surface area contributed by atoms with E-state index in [-0.39, 0.29) is 4.87 Å². The number of nitrogens with one attached hydrogen (secondary N) is 1. The average Bonchev–Trinajstić information content (AvgIpc) is 3.07. The number of ether oxygens (including phenoxy) is 1. The van der Waals surface area contributed by atoms with Crippen molar-refractivity contribution in [3.8, 4) is 0 Å². The Balaban J connectivity index is 1.49. The molecule has 2 aromatic rings. The lowest BCUT2D eigenvalue weighted by Crippen LogP contribution is -2.36. The molecule has 25 heavy (non-hydrogen) atoms. The fourth-order valence-electron chi connectivity index (χ4n) is 3.15. The molecule has 130 valence electrons. The monoisotopic (exact) mass is 353 g/mol. The Bertz CT molecular complexity index is 767. The molecule has 0 aliphatic carbocycles. The van der Waals surface area contributed by atoms with Gasteiger partial charge in [-0.3, -0.25) is 5.43 Å². The van der Waals surface area contributed by atoms with Crippen LogP contribution in [-0.2, 0) is 9.61 Å². The number of hydrazone groups is 1. The summed E-state index contributed by atoms with van der Waals surface area (Å²) >= 11 is 1.77. The van der Waals surface area contributed by atoms with Crippen LogP contribution in [0.1, 0.15) is 23.6 Å². The van der Waals surface area contributed by atoms with Crippen LogP contribution in [-0.4, -0.2) is 31.3 Å². The van der Waals surface area contributed by atoms with E-state index in [1.165, 1.54) is 16.8 Å². The minimum Gasteiger partial charge on any atom is -0.378 e. The summed E-state index contributed by atoms with van der Waals surface area (Å²) in [6.45, 7) is 7.84. The first-order valence-electron chi connectivity index (χ1n) is 8.68. The number of aryl methyl sites for hydroxylation is 1. The van der Waals surface area contributed by atoms with E-state index in [4.69, 9.17) is 4.74 Å². The first-order valence-corrected chi connectivity index (χ1v) is 9.50. The molecule has 0 amide bonds. The number of benzene rings is 2. The first kappa shape index (κ1) is 16.5. The fraction of sp³-hybridized carbons (Fsp3) is 0.350. The van der Waals surface area contributed by atoms with Gasteiger partial charge in [0.05, 0.1) is 13.2 Å². The predicted molar refractivity (Wildman–Crippen MR) is 105 cm³/mol. The smallest absolute Gasteiger partial charge is 0.128 e. The van der Waals surface area contributed by atoms with Gasteiger partial charge in [-0.15, -0.1) is 0 Å². The molecule has 1 fully saturated rings. The molecule has 2 aliphatic heterocycles. The van der Waals surface area contributed by atoms with E-state index < -0.39 is 0 Å². The zero-order chi connectivity index (χ0) is 17.3. The summed E-state index contributed by atoms with van der Waals surface area (Å²) in [7, 11) is 0. The van der Waals surface area contributed by atoms with Crippen molar-refractivity contribution in [3.63, 3.8) is 0 Å². The molecule has 5 heteroatoms. The summed E-state index contributed by atoms with van der Waals surface area (Å²) < 4.78 is 5.43. The highest BCUT2D eigenvalue weighted by atomic mass is 32.2. The molecule has 0 saturated carbocycles. The van der Waals surface area contributed by atoms with Gasteiger partial charge in [0, 0.05) is 24.3 Å². The fourth-order valence-corrected chi connectivity index (χ4v) is 4.23. The van der Waals surface area contributed by atoms with E-state index in [1.54, 1.807) is 11.8 Å². The Hall–Kier alpha value is -1.98. The molecule has 0 spiro atoms. The average molecular weight is 353 g/mol. The molecule has 4 nitrogen and oxygen atoms in total.